The highest BCUT2D eigenvalue weighted by molar-refractivity contribution is 8.01. The Morgan fingerprint density at radius 3 is 2.92 bits per heavy atom. The molecule has 0 radical (unpaired) electrons. The summed E-state index contributed by atoms with van der Waals surface area (Å²) in [5, 5.41) is 21.6. The second kappa shape index (κ2) is 6.57. The topological polar surface area (TPSA) is 161 Å². The second-order valence-corrected chi connectivity index (χ2v) is 7.20. The van der Waals surface area contributed by atoms with Crippen molar-refractivity contribution in [1.82, 2.24) is 19.7 Å². The zero-order valence-corrected chi connectivity index (χ0v) is 14.4. The van der Waals surface area contributed by atoms with Gasteiger partial charge in [0.25, 0.3) is 5.88 Å². The van der Waals surface area contributed by atoms with E-state index in [2.05, 4.69) is 10.1 Å². The summed E-state index contributed by atoms with van der Waals surface area (Å²) in [4.78, 5) is 39.2. The predicted molar refractivity (Wildman–Crippen MR) is 86.9 cm³/mol. The van der Waals surface area contributed by atoms with Crippen molar-refractivity contribution < 1.29 is 24.5 Å². The Morgan fingerprint density at radius 1 is 1.52 bits per heavy atom. The first kappa shape index (κ1) is 17.6. The van der Waals surface area contributed by atoms with Crippen LogP contribution < -0.4 is 11.3 Å². The van der Waals surface area contributed by atoms with E-state index in [0.29, 0.717) is 11.3 Å². The van der Waals surface area contributed by atoms with Crippen LogP contribution >= 0.6 is 23.5 Å². The number of amides is 1. The van der Waals surface area contributed by atoms with E-state index in [1.807, 2.05) is 0 Å². The van der Waals surface area contributed by atoms with Gasteiger partial charge >= 0.3 is 11.7 Å². The van der Waals surface area contributed by atoms with Crippen molar-refractivity contribution in [3.8, 4) is 5.88 Å². The number of aromatic nitrogens is 3. The first-order valence-electron chi connectivity index (χ1n) is 6.89. The Bertz CT molecular complexity index is 840. The smallest absolute Gasteiger partial charge is 0.488 e. The van der Waals surface area contributed by atoms with Crippen LogP contribution in [0.3, 0.4) is 0 Å². The van der Waals surface area contributed by atoms with E-state index in [1.165, 1.54) is 28.4 Å². The molecule has 1 unspecified atom stereocenters. The lowest BCUT2D eigenvalue weighted by Crippen LogP contribution is -2.68. The summed E-state index contributed by atoms with van der Waals surface area (Å²) in [7, 11) is 1.50. The molecule has 0 spiro atoms. The van der Waals surface area contributed by atoms with Crippen molar-refractivity contribution >= 4 is 35.6 Å². The minimum Gasteiger partial charge on any atom is -0.488 e. The van der Waals surface area contributed by atoms with Gasteiger partial charge in [-0.2, -0.15) is 4.98 Å². The van der Waals surface area contributed by atoms with E-state index in [1.54, 1.807) is 0 Å². The lowest BCUT2D eigenvalue weighted by Gasteiger charge is -2.47. The summed E-state index contributed by atoms with van der Waals surface area (Å²) >= 11 is 2.50. The quantitative estimate of drug-likeness (QED) is 0.334. The molecule has 2 aliphatic heterocycles. The molecule has 1 amide bonds. The number of carbonyl (C=O) groups is 2. The number of β-lactam (4-membered cyclic amide) rings is 1. The van der Waals surface area contributed by atoms with Gasteiger partial charge in [0.2, 0.25) is 11.8 Å². The summed E-state index contributed by atoms with van der Waals surface area (Å²) in [6.07, 6.45) is -1.53. The average molecular weight is 387 g/mol. The fourth-order valence-corrected chi connectivity index (χ4v) is 4.62. The number of nitrogens with two attached hydrogens (primary N) is 1. The van der Waals surface area contributed by atoms with Gasteiger partial charge in [-0.3, -0.25) is 14.5 Å². The molecule has 3 heterocycles. The maximum Gasteiger partial charge on any atom is 0.512 e. The molecular weight excluding hydrogens is 374 g/mol. The first-order chi connectivity index (χ1) is 11.8. The standard InChI is InChI=1S/C12H13N5O6S2/c1-16-11(14-6(18)7(19)15-16)25-3-4-2-24-10-5(13)8(20)17(10)9(4)23-12(21)22/h5,10H,2-3,13H2,1H3,(H,15,19)(H,21,22)/t5?,10-/m0/s1. The molecule has 11 nitrogen and oxygen atoms in total. The Hall–Kier alpha value is -2.25. The predicted octanol–water partition coefficient (Wildman–Crippen LogP) is -0.878. The zero-order chi connectivity index (χ0) is 18.3. The fraction of sp³-hybridized carbons (Fsp3) is 0.417. The molecule has 1 fully saturated rings. The zero-order valence-electron chi connectivity index (χ0n) is 12.8. The number of ether oxygens (including phenoxy) is 1. The van der Waals surface area contributed by atoms with Crippen molar-refractivity contribution in [2.75, 3.05) is 11.5 Å². The SMILES string of the molecule is Cn1nc(O)c(=O)nc1SCC1=C(OC(=O)O)N2C(=O)C(N)[C@@H]2SC1. The Balaban J connectivity index is 1.85. The molecule has 3 rings (SSSR count). The van der Waals surface area contributed by atoms with Crippen molar-refractivity contribution in [3.05, 3.63) is 21.8 Å². The van der Waals surface area contributed by atoms with Crippen LogP contribution in [0.1, 0.15) is 0 Å². The molecule has 1 aromatic rings. The molecule has 1 aromatic heterocycles. The Morgan fingerprint density at radius 2 is 2.24 bits per heavy atom. The van der Waals surface area contributed by atoms with Crippen molar-refractivity contribution in [2.24, 2.45) is 12.8 Å². The summed E-state index contributed by atoms with van der Waals surface area (Å²) in [5.41, 5.74) is 5.40. The van der Waals surface area contributed by atoms with Crippen molar-refractivity contribution in [3.63, 3.8) is 0 Å². The lowest BCUT2D eigenvalue weighted by atomic mass is 10.1. The monoisotopic (exact) mass is 387 g/mol. The van der Waals surface area contributed by atoms with E-state index in [4.69, 9.17) is 15.6 Å². The second-order valence-electron chi connectivity index (χ2n) is 5.15. The molecular formula is C12H13N5O6S2. The number of carboxylic acid groups (broad SMARTS) is 1. The van der Waals surface area contributed by atoms with Gasteiger partial charge in [0.1, 0.15) is 11.4 Å². The average Bonchev–Trinajstić information content (AvgIpc) is 2.56. The highest BCUT2D eigenvalue weighted by Crippen LogP contribution is 2.40. The highest BCUT2D eigenvalue weighted by atomic mass is 32.2. The number of hydrogen-bond acceptors (Lipinski definition) is 10. The molecule has 1 saturated heterocycles. The summed E-state index contributed by atoms with van der Waals surface area (Å²) in [6, 6.07) is -0.685. The molecule has 2 atom stereocenters. The van der Waals surface area contributed by atoms with Gasteiger partial charge < -0.3 is 20.7 Å². The van der Waals surface area contributed by atoms with Crippen LogP contribution in [0.2, 0.25) is 0 Å². The molecule has 25 heavy (non-hydrogen) atoms. The normalized spacial score (nSPS) is 22.5. The Labute approximate surface area is 148 Å². The minimum absolute atomic E-state index is 0.0489. The van der Waals surface area contributed by atoms with Gasteiger partial charge in [0.05, 0.1) is 0 Å². The molecule has 4 N–H and O–H groups in total. The van der Waals surface area contributed by atoms with Gasteiger partial charge in [-0.05, 0) is 0 Å². The third kappa shape index (κ3) is 3.17. The molecule has 13 heteroatoms. The fourth-order valence-electron chi connectivity index (χ4n) is 2.32. The van der Waals surface area contributed by atoms with E-state index in [9.17, 15) is 19.5 Å². The van der Waals surface area contributed by atoms with Crippen molar-refractivity contribution in [2.45, 2.75) is 16.6 Å². The molecule has 2 aliphatic rings. The third-order valence-corrected chi connectivity index (χ3v) is 5.97. The third-order valence-electron chi connectivity index (χ3n) is 3.50. The van der Waals surface area contributed by atoms with Crippen LogP contribution in [-0.4, -0.2) is 64.9 Å². The maximum atomic E-state index is 11.9. The number of rotatable bonds is 4. The first-order valence-corrected chi connectivity index (χ1v) is 8.93. The van der Waals surface area contributed by atoms with Crippen LogP contribution in [0.25, 0.3) is 0 Å². The number of hydrogen-bond donors (Lipinski definition) is 3. The van der Waals surface area contributed by atoms with Gasteiger partial charge in [-0.25, -0.2) is 9.48 Å². The summed E-state index contributed by atoms with van der Waals surface area (Å²) in [6.45, 7) is 0. The van der Waals surface area contributed by atoms with E-state index >= 15 is 0 Å². The van der Waals surface area contributed by atoms with Crippen LogP contribution in [0.15, 0.2) is 21.4 Å². The summed E-state index contributed by atoms with van der Waals surface area (Å²) < 4.78 is 6.02. The van der Waals surface area contributed by atoms with Gasteiger partial charge in [-0.15, -0.1) is 16.9 Å². The molecule has 134 valence electrons. The molecule has 0 aliphatic carbocycles. The molecule has 0 bridgehead atoms. The van der Waals surface area contributed by atoms with Crippen LogP contribution in [0.4, 0.5) is 4.79 Å². The number of thioether (sulfide) groups is 2. The van der Waals surface area contributed by atoms with Crippen LogP contribution in [-0.2, 0) is 16.6 Å². The van der Waals surface area contributed by atoms with Crippen molar-refractivity contribution in [1.29, 1.82) is 0 Å². The number of fused-ring (bicyclic) bond motifs is 1. The minimum atomic E-state index is -1.53. The lowest BCUT2D eigenvalue weighted by molar-refractivity contribution is -0.144. The van der Waals surface area contributed by atoms with Gasteiger partial charge in [-0.1, -0.05) is 11.8 Å². The maximum absolute atomic E-state index is 11.9. The molecule has 0 aromatic carbocycles. The molecule has 0 saturated carbocycles. The number of aromatic hydroxyl groups is 1. The van der Waals surface area contributed by atoms with Gasteiger partial charge in [0, 0.05) is 24.1 Å². The van der Waals surface area contributed by atoms with Crippen LogP contribution in [0, 0.1) is 0 Å². The van der Waals surface area contributed by atoms with E-state index in [0.717, 1.165) is 11.8 Å². The van der Waals surface area contributed by atoms with Gasteiger partial charge in [0.15, 0.2) is 5.16 Å². The number of nitrogens with zero attached hydrogens (tertiary/aromatic N) is 4. The van der Waals surface area contributed by atoms with E-state index in [-0.39, 0.29) is 22.2 Å². The number of aryl methyl sites for hydroxylation is 1. The number of carbonyl (C=O) groups excluding carboxylic acids is 1. The summed E-state index contributed by atoms with van der Waals surface area (Å²) in [5.74, 6) is -0.539. The van der Waals surface area contributed by atoms with E-state index < -0.39 is 29.5 Å². The largest absolute Gasteiger partial charge is 0.512 e. The van der Waals surface area contributed by atoms with Crippen LogP contribution in [0.5, 0.6) is 5.88 Å². The highest BCUT2D eigenvalue weighted by Gasteiger charge is 2.51. The Kier molecular flexibility index (Phi) is 4.62.